The zero-order valence-electron chi connectivity index (χ0n) is 11.2. The molecular formula is C15H11F3N4. The minimum Gasteiger partial charge on any atom is -0.323 e. The van der Waals surface area contributed by atoms with Gasteiger partial charge in [0.25, 0.3) is 0 Å². The number of H-pyrrole nitrogens is 1. The highest BCUT2D eigenvalue weighted by molar-refractivity contribution is 5.81. The van der Waals surface area contributed by atoms with Crippen LogP contribution in [0.1, 0.15) is 11.1 Å². The molecule has 4 nitrogen and oxygen atoms in total. The van der Waals surface area contributed by atoms with E-state index < -0.39 is 11.7 Å². The Kier molecular flexibility index (Phi) is 3.54. The predicted molar refractivity (Wildman–Crippen MR) is 78.8 cm³/mol. The van der Waals surface area contributed by atoms with Crippen LogP contribution in [-0.4, -0.2) is 16.2 Å². The predicted octanol–water partition coefficient (Wildman–Crippen LogP) is 4.03. The number of nitrogens with zero attached hydrogens (tertiary/aromatic N) is 2. The lowest BCUT2D eigenvalue weighted by molar-refractivity contribution is -0.137. The highest BCUT2D eigenvalue weighted by Gasteiger charge is 2.30. The van der Waals surface area contributed by atoms with Crippen molar-refractivity contribution in [3.63, 3.8) is 0 Å². The maximum atomic E-state index is 12.6. The Balaban J connectivity index is 1.74. The fourth-order valence-electron chi connectivity index (χ4n) is 1.97. The van der Waals surface area contributed by atoms with Gasteiger partial charge in [0.15, 0.2) is 0 Å². The van der Waals surface area contributed by atoms with Gasteiger partial charge in [-0.2, -0.15) is 18.3 Å². The van der Waals surface area contributed by atoms with Crippen LogP contribution in [0.2, 0.25) is 0 Å². The van der Waals surface area contributed by atoms with Gasteiger partial charge in [0, 0.05) is 0 Å². The Morgan fingerprint density at radius 3 is 2.68 bits per heavy atom. The van der Waals surface area contributed by atoms with Crippen LogP contribution >= 0.6 is 0 Å². The summed E-state index contributed by atoms with van der Waals surface area (Å²) in [6.07, 6.45) is -3.06. The summed E-state index contributed by atoms with van der Waals surface area (Å²) in [5, 5.41) is 3.89. The number of aromatic nitrogens is 2. The van der Waals surface area contributed by atoms with Gasteiger partial charge in [0.1, 0.15) is 0 Å². The third-order valence-electron chi connectivity index (χ3n) is 2.99. The van der Waals surface area contributed by atoms with Crippen LogP contribution in [-0.2, 0) is 6.18 Å². The highest BCUT2D eigenvalue weighted by Crippen LogP contribution is 2.29. The van der Waals surface area contributed by atoms with E-state index in [2.05, 4.69) is 20.5 Å². The molecule has 3 rings (SSSR count). The van der Waals surface area contributed by atoms with Crippen molar-refractivity contribution in [2.45, 2.75) is 6.18 Å². The zero-order valence-corrected chi connectivity index (χ0v) is 11.2. The monoisotopic (exact) mass is 304 g/mol. The Bertz CT molecular complexity index is 788. The van der Waals surface area contributed by atoms with Crippen LogP contribution in [0.5, 0.6) is 0 Å². The number of hydrazone groups is 1. The molecule has 0 spiro atoms. The van der Waals surface area contributed by atoms with Gasteiger partial charge in [-0.15, -0.1) is 0 Å². The molecule has 0 aliphatic heterocycles. The molecule has 0 saturated carbocycles. The van der Waals surface area contributed by atoms with Crippen LogP contribution < -0.4 is 5.43 Å². The Hall–Kier alpha value is -2.83. The summed E-state index contributed by atoms with van der Waals surface area (Å²) in [4.78, 5) is 7.24. The standard InChI is InChI=1S/C15H11F3N4/c16-15(17,18)11-5-3-4-10(8-11)9-19-22-14-20-12-6-1-2-7-13(12)21-14/h1-9H,(H2,20,21,22)/b19-9+. The molecule has 0 aliphatic rings. The zero-order chi connectivity index (χ0) is 15.6. The fourth-order valence-corrected chi connectivity index (χ4v) is 1.97. The Morgan fingerprint density at radius 1 is 1.09 bits per heavy atom. The summed E-state index contributed by atoms with van der Waals surface area (Å²) < 4.78 is 37.8. The molecule has 3 aromatic rings. The number of aromatic amines is 1. The molecule has 1 aromatic heterocycles. The molecule has 0 radical (unpaired) electrons. The lowest BCUT2D eigenvalue weighted by atomic mass is 10.1. The van der Waals surface area contributed by atoms with Crippen molar-refractivity contribution in [3.05, 3.63) is 59.7 Å². The topological polar surface area (TPSA) is 53.1 Å². The average molecular weight is 304 g/mol. The maximum Gasteiger partial charge on any atom is 0.416 e. The van der Waals surface area contributed by atoms with Gasteiger partial charge in [-0.3, -0.25) is 0 Å². The number of para-hydroxylation sites is 2. The second kappa shape index (κ2) is 5.51. The molecule has 112 valence electrons. The molecule has 2 aromatic carbocycles. The normalized spacial score (nSPS) is 12.1. The molecule has 0 atom stereocenters. The van der Waals surface area contributed by atoms with Crippen molar-refractivity contribution < 1.29 is 13.2 Å². The van der Waals surface area contributed by atoms with Gasteiger partial charge >= 0.3 is 6.18 Å². The molecule has 0 aliphatic carbocycles. The average Bonchev–Trinajstić information content (AvgIpc) is 2.89. The number of anilines is 1. The molecule has 0 bridgehead atoms. The van der Waals surface area contributed by atoms with Gasteiger partial charge in [-0.05, 0) is 29.8 Å². The van der Waals surface area contributed by atoms with E-state index in [-0.39, 0.29) is 0 Å². The van der Waals surface area contributed by atoms with Crippen molar-refractivity contribution >= 4 is 23.2 Å². The summed E-state index contributed by atoms with van der Waals surface area (Å²) in [7, 11) is 0. The van der Waals surface area contributed by atoms with E-state index in [4.69, 9.17) is 0 Å². The minimum atomic E-state index is -4.37. The smallest absolute Gasteiger partial charge is 0.323 e. The number of benzene rings is 2. The summed E-state index contributed by atoms with van der Waals surface area (Å²) >= 11 is 0. The van der Waals surface area contributed by atoms with E-state index in [1.54, 1.807) is 6.07 Å². The van der Waals surface area contributed by atoms with Gasteiger partial charge in [-0.25, -0.2) is 10.4 Å². The summed E-state index contributed by atoms with van der Waals surface area (Å²) in [5.74, 6) is 0.421. The van der Waals surface area contributed by atoms with Crippen molar-refractivity contribution in [1.82, 2.24) is 9.97 Å². The number of imidazole rings is 1. The number of hydrogen-bond donors (Lipinski definition) is 2. The number of rotatable bonds is 3. The molecule has 2 N–H and O–H groups in total. The van der Waals surface area contributed by atoms with Crippen LogP contribution in [0.3, 0.4) is 0 Å². The molecule has 0 amide bonds. The number of fused-ring (bicyclic) bond motifs is 1. The summed E-state index contributed by atoms with van der Waals surface area (Å²) in [6.45, 7) is 0. The van der Waals surface area contributed by atoms with Crippen molar-refractivity contribution in [1.29, 1.82) is 0 Å². The molecular weight excluding hydrogens is 293 g/mol. The lowest BCUT2D eigenvalue weighted by Crippen LogP contribution is -2.05. The molecule has 1 heterocycles. The number of hydrogen-bond acceptors (Lipinski definition) is 3. The number of nitrogens with one attached hydrogen (secondary N) is 2. The van der Waals surface area contributed by atoms with Crippen molar-refractivity contribution in [2.24, 2.45) is 5.10 Å². The second-order valence-electron chi connectivity index (χ2n) is 4.60. The Morgan fingerprint density at radius 2 is 1.91 bits per heavy atom. The third-order valence-corrected chi connectivity index (χ3v) is 2.99. The SMILES string of the molecule is FC(F)(F)c1cccc(/C=N/Nc2nc3ccccc3[nH]2)c1. The fraction of sp³-hybridized carbons (Fsp3) is 0.0667. The Labute approximate surface area is 123 Å². The van der Waals surface area contributed by atoms with Gasteiger partial charge in [0.05, 0.1) is 22.8 Å². The van der Waals surface area contributed by atoms with E-state index in [0.717, 1.165) is 23.2 Å². The van der Waals surface area contributed by atoms with Crippen molar-refractivity contribution in [2.75, 3.05) is 5.43 Å². The minimum absolute atomic E-state index is 0.346. The number of alkyl halides is 3. The van der Waals surface area contributed by atoms with E-state index >= 15 is 0 Å². The van der Waals surface area contributed by atoms with Crippen LogP contribution in [0.4, 0.5) is 19.1 Å². The molecule has 0 saturated heterocycles. The van der Waals surface area contributed by atoms with Crippen LogP contribution in [0.15, 0.2) is 53.6 Å². The first kappa shape index (κ1) is 14.1. The van der Waals surface area contributed by atoms with Crippen LogP contribution in [0, 0.1) is 0 Å². The van der Waals surface area contributed by atoms with Crippen LogP contribution in [0.25, 0.3) is 11.0 Å². The highest BCUT2D eigenvalue weighted by atomic mass is 19.4. The van der Waals surface area contributed by atoms with E-state index in [0.29, 0.717) is 11.5 Å². The molecule has 0 fully saturated rings. The van der Waals surface area contributed by atoms with Gasteiger partial charge in [-0.1, -0.05) is 24.3 Å². The lowest BCUT2D eigenvalue weighted by Gasteiger charge is -2.06. The first-order valence-electron chi connectivity index (χ1n) is 6.43. The molecule has 22 heavy (non-hydrogen) atoms. The van der Waals surface area contributed by atoms with Gasteiger partial charge < -0.3 is 4.98 Å². The quantitative estimate of drug-likeness (QED) is 0.567. The van der Waals surface area contributed by atoms with Crippen molar-refractivity contribution in [3.8, 4) is 0 Å². The first-order valence-corrected chi connectivity index (χ1v) is 6.43. The molecule has 7 heteroatoms. The van der Waals surface area contributed by atoms with E-state index in [1.807, 2.05) is 24.3 Å². The maximum absolute atomic E-state index is 12.6. The van der Waals surface area contributed by atoms with E-state index in [1.165, 1.54) is 12.3 Å². The van der Waals surface area contributed by atoms with Gasteiger partial charge in [0.2, 0.25) is 5.95 Å². The summed E-state index contributed by atoms with van der Waals surface area (Å²) in [6, 6.07) is 12.4. The van der Waals surface area contributed by atoms with E-state index in [9.17, 15) is 13.2 Å². The first-order chi connectivity index (χ1) is 10.5. The second-order valence-corrected chi connectivity index (χ2v) is 4.60. The summed E-state index contributed by atoms with van der Waals surface area (Å²) in [5.41, 5.74) is 3.92. The number of halogens is 3. The third kappa shape index (κ3) is 3.08. The molecule has 0 unspecified atom stereocenters. The largest absolute Gasteiger partial charge is 0.416 e.